The second kappa shape index (κ2) is 7.57. The number of sulfonamides is 1. The maximum absolute atomic E-state index is 12.8. The van der Waals surface area contributed by atoms with Crippen molar-refractivity contribution < 1.29 is 17.9 Å². The Balaban J connectivity index is 2.43. The van der Waals surface area contributed by atoms with Crippen molar-refractivity contribution in [1.29, 1.82) is 0 Å². The molecule has 2 rings (SSSR count). The van der Waals surface area contributed by atoms with Crippen molar-refractivity contribution in [3.05, 3.63) is 48.0 Å². The molecule has 1 atom stereocenters. The second-order valence-electron chi connectivity index (χ2n) is 5.52. The van der Waals surface area contributed by atoms with E-state index < -0.39 is 10.0 Å². The Morgan fingerprint density at radius 1 is 1.08 bits per heavy atom. The van der Waals surface area contributed by atoms with Gasteiger partial charge in [0.05, 0.1) is 19.9 Å². The summed E-state index contributed by atoms with van der Waals surface area (Å²) < 4.78 is 38.6. The third-order valence-corrected chi connectivity index (χ3v) is 5.41. The number of hydrogen-bond acceptors (Lipinski definition) is 4. The van der Waals surface area contributed by atoms with Crippen LogP contribution < -0.4 is 14.2 Å². The maximum Gasteiger partial charge on any atom is 0.265 e. The minimum atomic E-state index is -3.78. The van der Waals surface area contributed by atoms with E-state index in [4.69, 9.17) is 9.47 Å². The molecule has 0 aliphatic heterocycles. The molecule has 0 unspecified atom stereocenters. The van der Waals surface area contributed by atoms with Crippen LogP contribution in [0.3, 0.4) is 0 Å². The van der Waals surface area contributed by atoms with Crippen molar-refractivity contribution in [2.45, 2.75) is 31.1 Å². The fraction of sp³-hybridized carbons (Fsp3) is 0.333. The molecule has 0 saturated heterocycles. The largest absolute Gasteiger partial charge is 0.497 e. The van der Waals surface area contributed by atoms with Gasteiger partial charge in [0, 0.05) is 6.07 Å². The standard InChI is InChI=1S/C18H23NO4S/c1-5-13(2)15-8-6-7-9-16(15)19-24(20,21)18-11-10-14(22-3)12-17(18)23-4/h6-13,19H,5H2,1-4H3/t13-/m0/s1. The predicted octanol–water partition coefficient (Wildman–Crippen LogP) is 4.02. The van der Waals surface area contributed by atoms with Gasteiger partial charge < -0.3 is 9.47 Å². The number of methoxy groups -OCH3 is 2. The highest BCUT2D eigenvalue weighted by Crippen LogP contribution is 2.32. The van der Waals surface area contributed by atoms with Crippen LogP contribution in [0.5, 0.6) is 11.5 Å². The van der Waals surface area contributed by atoms with Crippen LogP contribution in [0.1, 0.15) is 31.7 Å². The Kier molecular flexibility index (Phi) is 5.72. The van der Waals surface area contributed by atoms with Crippen molar-refractivity contribution in [1.82, 2.24) is 0 Å². The van der Waals surface area contributed by atoms with Crippen LogP contribution in [0.15, 0.2) is 47.4 Å². The minimum absolute atomic E-state index is 0.0738. The number of para-hydroxylation sites is 1. The maximum atomic E-state index is 12.8. The van der Waals surface area contributed by atoms with Crippen molar-refractivity contribution in [3.8, 4) is 11.5 Å². The number of ether oxygens (including phenoxy) is 2. The highest BCUT2D eigenvalue weighted by Gasteiger charge is 2.22. The summed E-state index contributed by atoms with van der Waals surface area (Å²) in [5.41, 5.74) is 1.56. The van der Waals surface area contributed by atoms with Crippen LogP contribution in [0.4, 0.5) is 5.69 Å². The minimum Gasteiger partial charge on any atom is -0.497 e. The van der Waals surface area contributed by atoms with E-state index in [1.165, 1.54) is 20.3 Å². The molecule has 0 saturated carbocycles. The molecule has 0 radical (unpaired) electrons. The fourth-order valence-corrected chi connectivity index (χ4v) is 3.68. The SMILES string of the molecule is CC[C@H](C)c1ccccc1NS(=O)(=O)c1ccc(OC)cc1OC. The topological polar surface area (TPSA) is 64.6 Å². The van der Waals surface area contributed by atoms with Gasteiger partial charge in [-0.05, 0) is 36.1 Å². The first-order chi connectivity index (χ1) is 11.4. The molecule has 0 heterocycles. The smallest absolute Gasteiger partial charge is 0.265 e. The van der Waals surface area contributed by atoms with Gasteiger partial charge in [-0.25, -0.2) is 8.42 Å². The highest BCUT2D eigenvalue weighted by molar-refractivity contribution is 7.92. The molecular weight excluding hydrogens is 326 g/mol. The van der Waals surface area contributed by atoms with E-state index in [1.54, 1.807) is 18.2 Å². The Labute approximate surface area is 143 Å². The molecule has 0 aliphatic carbocycles. The number of benzene rings is 2. The molecule has 0 spiro atoms. The average molecular weight is 349 g/mol. The molecule has 2 aromatic carbocycles. The lowest BCUT2D eigenvalue weighted by Crippen LogP contribution is -2.15. The highest BCUT2D eigenvalue weighted by atomic mass is 32.2. The van der Waals surface area contributed by atoms with E-state index in [9.17, 15) is 8.42 Å². The molecule has 0 aliphatic rings. The summed E-state index contributed by atoms with van der Waals surface area (Å²) in [4.78, 5) is 0.0738. The lowest BCUT2D eigenvalue weighted by atomic mass is 9.97. The van der Waals surface area contributed by atoms with Gasteiger partial charge in [0.2, 0.25) is 0 Å². The van der Waals surface area contributed by atoms with Crippen LogP contribution in [-0.2, 0) is 10.0 Å². The second-order valence-corrected chi connectivity index (χ2v) is 7.17. The Morgan fingerprint density at radius 2 is 1.79 bits per heavy atom. The van der Waals surface area contributed by atoms with Gasteiger partial charge in [-0.3, -0.25) is 4.72 Å². The zero-order valence-corrected chi connectivity index (χ0v) is 15.2. The molecule has 0 amide bonds. The zero-order valence-electron chi connectivity index (χ0n) is 14.4. The number of rotatable bonds is 7. The van der Waals surface area contributed by atoms with Gasteiger partial charge in [0.15, 0.2) is 0 Å². The molecular formula is C18H23NO4S. The van der Waals surface area contributed by atoms with Crippen LogP contribution >= 0.6 is 0 Å². The van der Waals surface area contributed by atoms with Gasteiger partial charge in [0.25, 0.3) is 10.0 Å². The van der Waals surface area contributed by atoms with Gasteiger partial charge >= 0.3 is 0 Å². The Hall–Kier alpha value is -2.21. The molecule has 5 nitrogen and oxygen atoms in total. The molecule has 24 heavy (non-hydrogen) atoms. The number of hydrogen-bond donors (Lipinski definition) is 1. The van der Waals surface area contributed by atoms with Gasteiger partial charge in [-0.2, -0.15) is 0 Å². The van der Waals surface area contributed by atoms with Crippen molar-refractivity contribution in [2.75, 3.05) is 18.9 Å². The molecule has 2 aromatic rings. The van der Waals surface area contributed by atoms with Crippen molar-refractivity contribution in [2.24, 2.45) is 0 Å². The summed E-state index contributed by atoms with van der Waals surface area (Å²) in [5.74, 6) is 1.02. The summed E-state index contributed by atoms with van der Waals surface area (Å²) in [7, 11) is -0.827. The molecule has 0 bridgehead atoms. The predicted molar refractivity (Wildman–Crippen MR) is 95.5 cm³/mol. The van der Waals surface area contributed by atoms with Gasteiger partial charge in [-0.15, -0.1) is 0 Å². The number of nitrogens with one attached hydrogen (secondary N) is 1. The Bertz CT molecular complexity index is 802. The van der Waals surface area contributed by atoms with Gasteiger partial charge in [-0.1, -0.05) is 32.0 Å². The third kappa shape index (κ3) is 3.82. The first kappa shape index (κ1) is 18.1. The van der Waals surface area contributed by atoms with E-state index in [-0.39, 0.29) is 16.6 Å². The monoisotopic (exact) mass is 349 g/mol. The number of anilines is 1. The van der Waals surface area contributed by atoms with E-state index in [2.05, 4.69) is 18.6 Å². The summed E-state index contributed by atoms with van der Waals surface area (Å²) in [6.07, 6.45) is 0.921. The van der Waals surface area contributed by atoms with E-state index in [1.807, 2.05) is 18.2 Å². The first-order valence-corrected chi connectivity index (χ1v) is 9.25. The summed E-state index contributed by atoms with van der Waals surface area (Å²) in [5, 5.41) is 0. The fourth-order valence-electron chi connectivity index (χ4n) is 2.44. The molecule has 1 N–H and O–H groups in total. The zero-order chi connectivity index (χ0) is 17.7. The third-order valence-electron chi connectivity index (χ3n) is 4.01. The van der Waals surface area contributed by atoms with E-state index in [0.717, 1.165) is 12.0 Å². The molecule has 6 heteroatoms. The summed E-state index contributed by atoms with van der Waals surface area (Å²) >= 11 is 0. The molecule has 0 fully saturated rings. The first-order valence-electron chi connectivity index (χ1n) is 7.76. The lowest BCUT2D eigenvalue weighted by molar-refractivity contribution is 0.386. The summed E-state index contributed by atoms with van der Waals surface area (Å²) in [6.45, 7) is 4.14. The molecule has 130 valence electrons. The quantitative estimate of drug-likeness (QED) is 0.820. The van der Waals surface area contributed by atoms with E-state index in [0.29, 0.717) is 11.4 Å². The van der Waals surface area contributed by atoms with Crippen LogP contribution in [0.2, 0.25) is 0 Å². The molecule has 0 aromatic heterocycles. The van der Waals surface area contributed by atoms with Crippen LogP contribution in [0, 0.1) is 0 Å². The normalized spacial score (nSPS) is 12.5. The van der Waals surface area contributed by atoms with Gasteiger partial charge in [0.1, 0.15) is 16.4 Å². The average Bonchev–Trinajstić information content (AvgIpc) is 2.60. The van der Waals surface area contributed by atoms with Crippen LogP contribution in [0.25, 0.3) is 0 Å². The van der Waals surface area contributed by atoms with Crippen LogP contribution in [-0.4, -0.2) is 22.6 Å². The van der Waals surface area contributed by atoms with E-state index >= 15 is 0 Å². The Morgan fingerprint density at radius 3 is 2.42 bits per heavy atom. The summed E-state index contributed by atoms with van der Waals surface area (Å²) in [6, 6.07) is 12.1. The van der Waals surface area contributed by atoms with Crippen molar-refractivity contribution in [3.63, 3.8) is 0 Å². The lowest BCUT2D eigenvalue weighted by Gasteiger charge is -2.17. The van der Waals surface area contributed by atoms with Crippen molar-refractivity contribution >= 4 is 15.7 Å².